The highest BCUT2D eigenvalue weighted by Crippen LogP contribution is 2.33. The fraction of sp³-hybridized carbons (Fsp3) is 0.364. The number of halogens is 2. The Balaban J connectivity index is 1.71. The number of aliphatic imine (C=N–C) groups is 1. The fourth-order valence-corrected chi connectivity index (χ4v) is 3.91. The summed E-state index contributed by atoms with van der Waals surface area (Å²) in [6, 6.07) is 5.13. The van der Waals surface area contributed by atoms with E-state index in [1.165, 1.54) is 0 Å². The predicted molar refractivity (Wildman–Crippen MR) is 122 cm³/mol. The van der Waals surface area contributed by atoms with Crippen molar-refractivity contribution >= 4 is 40.6 Å². The largest absolute Gasteiger partial charge is 0.455 e. The predicted octanol–water partition coefficient (Wildman–Crippen LogP) is 1.25. The highest BCUT2D eigenvalue weighted by Gasteiger charge is 2.34. The SMILES string of the molecule is CNCC(OC(=O)C1=CC=C2C=C(c3cc(Cl)cc(Cl)c3)N=C2C1)C(O)C(O)C(O)CO. The number of hydrogen-bond donors (Lipinski definition) is 5. The van der Waals surface area contributed by atoms with E-state index in [-0.39, 0.29) is 13.0 Å². The zero-order chi connectivity index (χ0) is 23.4. The first kappa shape index (κ1) is 24.6. The van der Waals surface area contributed by atoms with Crippen molar-refractivity contribution in [3.8, 4) is 0 Å². The summed E-state index contributed by atoms with van der Waals surface area (Å²) in [5.41, 5.74) is 3.26. The van der Waals surface area contributed by atoms with Crippen LogP contribution < -0.4 is 5.32 Å². The van der Waals surface area contributed by atoms with Gasteiger partial charge in [0.05, 0.1) is 18.0 Å². The maximum Gasteiger partial charge on any atom is 0.334 e. The van der Waals surface area contributed by atoms with E-state index in [0.29, 0.717) is 27.0 Å². The van der Waals surface area contributed by atoms with Gasteiger partial charge in [0.2, 0.25) is 0 Å². The molecule has 0 saturated heterocycles. The topological polar surface area (TPSA) is 132 Å². The Labute approximate surface area is 195 Å². The number of nitrogens with one attached hydrogen (secondary N) is 1. The molecule has 1 aliphatic carbocycles. The lowest BCUT2D eigenvalue weighted by Gasteiger charge is -2.29. The molecule has 0 bridgehead atoms. The van der Waals surface area contributed by atoms with Crippen molar-refractivity contribution in [1.29, 1.82) is 0 Å². The number of nitrogens with zero attached hydrogens (tertiary/aromatic N) is 1. The summed E-state index contributed by atoms with van der Waals surface area (Å²) in [5, 5.41) is 42.5. The van der Waals surface area contributed by atoms with Gasteiger partial charge in [0, 0.05) is 34.1 Å². The standard InChI is InChI=1S/C22H24Cl2N2O6/c1-25-9-19(21(30)20(29)18(28)10-27)32-22(31)12-3-2-11-6-17(26-16(11)7-12)13-4-14(23)8-15(24)5-13/h2-6,8,18-21,25,27-30H,7,9-10H2,1H3. The summed E-state index contributed by atoms with van der Waals surface area (Å²) >= 11 is 12.2. The Bertz CT molecular complexity index is 984. The van der Waals surface area contributed by atoms with Crippen LogP contribution in [0.3, 0.4) is 0 Å². The minimum absolute atomic E-state index is 0.0264. The van der Waals surface area contributed by atoms with Gasteiger partial charge >= 0.3 is 5.97 Å². The van der Waals surface area contributed by atoms with Crippen molar-refractivity contribution in [2.45, 2.75) is 30.8 Å². The number of esters is 1. The van der Waals surface area contributed by atoms with E-state index in [1.54, 1.807) is 37.4 Å². The zero-order valence-corrected chi connectivity index (χ0v) is 18.7. The second kappa shape index (κ2) is 10.7. The van der Waals surface area contributed by atoms with Crippen LogP contribution in [0, 0.1) is 0 Å². The number of benzene rings is 1. The molecule has 0 aromatic heterocycles. The van der Waals surface area contributed by atoms with E-state index in [0.717, 1.165) is 11.1 Å². The van der Waals surface area contributed by atoms with Gasteiger partial charge in [0.1, 0.15) is 24.4 Å². The number of ether oxygens (including phenoxy) is 1. The third-order valence-corrected chi connectivity index (χ3v) is 5.54. The number of aliphatic hydroxyl groups excluding tert-OH is 4. The number of rotatable bonds is 9. The number of carbonyl (C=O) groups is 1. The van der Waals surface area contributed by atoms with E-state index >= 15 is 0 Å². The molecule has 4 atom stereocenters. The third kappa shape index (κ3) is 5.65. The first-order valence-electron chi connectivity index (χ1n) is 9.91. The average Bonchev–Trinajstić information content (AvgIpc) is 3.20. The van der Waals surface area contributed by atoms with Gasteiger partial charge in [-0.2, -0.15) is 0 Å². The first-order chi connectivity index (χ1) is 15.2. The molecule has 32 heavy (non-hydrogen) atoms. The molecule has 8 nitrogen and oxygen atoms in total. The molecule has 1 aromatic rings. The van der Waals surface area contributed by atoms with E-state index in [2.05, 4.69) is 10.3 Å². The van der Waals surface area contributed by atoms with Crippen LogP contribution in [0.15, 0.2) is 52.6 Å². The van der Waals surface area contributed by atoms with Crippen LogP contribution in [-0.2, 0) is 9.53 Å². The molecule has 2 aliphatic rings. The molecule has 5 N–H and O–H groups in total. The maximum atomic E-state index is 12.7. The lowest BCUT2D eigenvalue weighted by Crippen LogP contribution is -2.50. The molecular weight excluding hydrogens is 459 g/mol. The lowest BCUT2D eigenvalue weighted by molar-refractivity contribution is -0.161. The number of hydrogen-bond acceptors (Lipinski definition) is 8. The fourth-order valence-electron chi connectivity index (χ4n) is 3.38. The number of carbonyl (C=O) groups excluding carboxylic acids is 1. The van der Waals surface area contributed by atoms with Crippen LogP contribution in [0.4, 0.5) is 0 Å². The average molecular weight is 483 g/mol. The van der Waals surface area contributed by atoms with Crippen molar-refractivity contribution in [3.63, 3.8) is 0 Å². The minimum atomic E-state index is -1.69. The maximum absolute atomic E-state index is 12.7. The summed E-state index contributed by atoms with van der Waals surface area (Å²) in [6.45, 7) is -0.719. The highest BCUT2D eigenvalue weighted by atomic mass is 35.5. The molecular formula is C22H24Cl2N2O6. The monoisotopic (exact) mass is 482 g/mol. The van der Waals surface area contributed by atoms with E-state index in [4.69, 9.17) is 33.0 Å². The molecule has 4 unspecified atom stereocenters. The molecule has 1 aliphatic heterocycles. The molecule has 3 rings (SSSR count). The molecule has 1 aromatic carbocycles. The van der Waals surface area contributed by atoms with Gasteiger partial charge in [-0.3, -0.25) is 4.99 Å². The van der Waals surface area contributed by atoms with Crippen molar-refractivity contribution < 1.29 is 30.0 Å². The normalized spacial score (nSPS) is 19.1. The number of fused-ring (bicyclic) bond motifs is 1. The van der Waals surface area contributed by atoms with Gasteiger partial charge in [-0.25, -0.2) is 4.79 Å². The molecule has 0 fully saturated rings. The van der Waals surface area contributed by atoms with Crippen LogP contribution in [0.25, 0.3) is 5.70 Å². The first-order valence-corrected chi connectivity index (χ1v) is 10.7. The molecule has 172 valence electrons. The summed E-state index contributed by atoms with van der Waals surface area (Å²) in [7, 11) is 1.58. The van der Waals surface area contributed by atoms with Gasteiger partial charge < -0.3 is 30.5 Å². The Morgan fingerprint density at radius 2 is 1.84 bits per heavy atom. The molecule has 0 radical (unpaired) electrons. The van der Waals surface area contributed by atoms with E-state index < -0.39 is 37.0 Å². The van der Waals surface area contributed by atoms with Crippen molar-refractivity contribution in [2.24, 2.45) is 4.99 Å². The number of allylic oxidation sites excluding steroid dienone is 4. The molecule has 10 heteroatoms. The van der Waals surface area contributed by atoms with E-state index in [1.807, 2.05) is 6.08 Å². The van der Waals surface area contributed by atoms with Crippen LogP contribution in [0.5, 0.6) is 0 Å². The third-order valence-electron chi connectivity index (χ3n) is 5.10. The van der Waals surface area contributed by atoms with Crippen LogP contribution in [0.2, 0.25) is 10.0 Å². The Morgan fingerprint density at radius 3 is 2.47 bits per heavy atom. The van der Waals surface area contributed by atoms with Gasteiger partial charge in [0.25, 0.3) is 0 Å². The number of likely N-dealkylation sites (N-methyl/N-ethyl adjacent to an activating group) is 1. The van der Waals surface area contributed by atoms with Crippen LogP contribution >= 0.6 is 23.2 Å². The van der Waals surface area contributed by atoms with Gasteiger partial charge in [0.15, 0.2) is 0 Å². The van der Waals surface area contributed by atoms with Crippen LogP contribution in [0.1, 0.15) is 12.0 Å². The van der Waals surface area contributed by atoms with E-state index in [9.17, 15) is 20.1 Å². The minimum Gasteiger partial charge on any atom is -0.455 e. The number of aliphatic hydroxyl groups is 4. The van der Waals surface area contributed by atoms with Crippen molar-refractivity contribution in [1.82, 2.24) is 5.32 Å². The Morgan fingerprint density at radius 1 is 1.16 bits per heavy atom. The highest BCUT2D eigenvalue weighted by molar-refractivity contribution is 6.35. The molecule has 0 spiro atoms. The Hall–Kier alpha value is -2.04. The molecule has 0 saturated carbocycles. The van der Waals surface area contributed by atoms with Gasteiger partial charge in [-0.15, -0.1) is 0 Å². The smallest absolute Gasteiger partial charge is 0.334 e. The summed E-state index contributed by atoms with van der Waals surface area (Å²) < 4.78 is 5.39. The zero-order valence-electron chi connectivity index (χ0n) is 17.2. The molecule has 0 amide bonds. The van der Waals surface area contributed by atoms with Gasteiger partial charge in [-0.1, -0.05) is 35.4 Å². The lowest BCUT2D eigenvalue weighted by atomic mass is 9.96. The Kier molecular flexibility index (Phi) is 8.24. The van der Waals surface area contributed by atoms with Crippen molar-refractivity contribution in [2.75, 3.05) is 20.2 Å². The second-order valence-corrected chi connectivity index (χ2v) is 8.34. The van der Waals surface area contributed by atoms with Gasteiger partial charge in [-0.05, 0) is 36.9 Å². The second-order valence-electron chi connectivity index (χ2n) is 7.47. The summed E-state index contributed by atoms with van der Waals surface area (Å²) in [6.07, 6.45) is -0.571. The quantitative estimate of drug-likeness (QED) is 0.334. The summed E-state index contributed by atoms with van der Waals surface area (Å²) in [4.78, 5) is 17.3. The van der Waals surface area contributed by atoms with Crippen LogP contribution in [-0.4, -0.2) is 76.7 Å². The molecule has 1 heterocycles. The van der Waals surface area contributed by atoms with Crippen molar-refractivity contribution in [3.05, 3.63) is 63.2 Å². The summed E-state index contributed by atoms with van der Waals surface area (Å²) in [5.74, 6) is -0.688.